The summed E-state index contributed by atoms with van der Waals surface area (Å²) in [5, 5.41) is 15.3. The maximum atomic E-state index is 12.7. The summed E-state index contributed by atoms with van der Waals surface area (Å²) in [4.78, 5) is 23.7. The molecule has 6 nitrogen and oxygen atoms in total. The predicted molar refractivity (Wildman–Crippen MR) is 113 cm³/mol. The first-order valence-electron chi connectivity index (χ1n) is 10.7. The maximum absolute atomic E-state index is 12.7. The van der Waals surface area contributed by atoms with E-state index in [9.17, 15) is 9.59 Å². The van der Waals surface area contributed by atoms with E-state index >= 15 is 0 Å². The number of amides is 2. The number of anilines is 1. The van der Waals surface area contributed by atoms with Crippen molar-refractivity contribution in [3.05, 3.63) is 54.1 Å². The van der Waals surface area contributed by atoms with Crippen molar-refractivity contribution >= 4 is 17.7 Å². The van der Waals surface area contributed by atoms with Crippen molar-refractivity contribution in [1.82, 2.24) is 5.32 Å². The number of hydrogen-bond donors (Lipinski definition) is 3. The highest BCUT2D eigenvalue weighted by molar-refractivity contribution is 5.90. The van der Waals surface area contributed by atoms with Crippen LogP contribution in [0.2, 0.25) is 0 Å². The Morgan fingerprint density at radius 2 is 1.53 bits per heavy atom. The van der Waals surface area contributed by atoms with Gasteiger partial charge in [-0.1, -0.05) is 6.07 Å². The molecule has 0 radical (unpaired) electrons. The lowest BCUT2D eigenvalue weighted by atomic mass is 9.53. The fourth-order valence-corrected chi connectivity index (χ4v) is 6.10. The molecule has 3 N–H and O–H groups in total. The van der Waals surface area contributed by atoms with E-state index in [1.54, 1.807) is 36.4 Å². The van der Waals surface area contributed by atoms with Gasteiger partial charge < -0.3 is 20.5 Å². The average Bonchev–Trinajstić information content (AvgIpc) is 2.68. The number of rotatable bonds is 5. The van der Waals surface area contributed by atoms with Gasteiger partial charge in [-0.25, -0.2) is 9.59 Å². The molecule has 156 valence electrons. The van der Waals surface area contributed by atoms with Gasteiger partial charge in [0.25, 0.3) is 0 Å². The number of aromatic carboxylic acids is 1. The first-order chi connectivity index (χ1) is 14.5. The van der Waals surface area contributed by atoms with Crippen molar-refractivity contribution < 1.29 is 19.4 Å². The molecule has 2 aromatic carbocycles. The van der Waals surface area contributed by atoms with Gasteiger partial charge in [0.1, 0.15) is 11.5 Å². The Kier molecular flexibility index (Phi) is 4.65. The van der Waals surface area contributed by atoms with Crippen molar-refractivity contribution in [2.75, 3.05) is 5.32 Å². The molecular formula is C24H26N2O4. The normalized spacial score (nSPS) is 28.7. The van der Waals surface area contributed by atoms with Crippen molar-refractivity contribution in [2.45, 2.75) is 44.1 Å². The molecule has 30 heavy (non-hydrogen) atoms. The van der Waals surface area contributed by atoms with E-state index in [4.69, 9.17) is 9.84 Å². The van der Waals surface area contributed by atoms with Crippen molar-refractivity contribution in [2.24, 2.45) is 17.8 Å². The van der Waals surface area contributed by atoms with Gasteiger partial charge in [-0.05, 0) is 98.7 Å². The van der Waals surface area contributed by atoms with E-state index in [1.165, 1.54) is 31.4 Å². The highest BCUT2D eigenvalue weighted by Crippen LogP contribution is 2.55. The number of ether oxygens (including phenoxy) is 1. The lowest BCUT2D eigenvalue weighted by Gasteiger charge is -2.56. The van der Waals surface area contributed by atoms with E-state index in [-0.39, 0.29) is 17.1 Å². The maximum Gasteiger partial charge on any atom is 0.335 e. The molecule has 0 spiro atoms. The Balaban J connectivity index is 1.20. The Morgan fingerprint density at radius 3 is 2.13 bits per heavy atom. The molecule has 4 bridgehead atoms. The average molecular weight is 406 g/mol. The van der Waals surface area contributed by atoms with Crippen LogP contribution in [0.5, 0.6) is 11.5 Å². The van der Waals surface area contributed by atoms with Crippen molar-refractivity contribution in [3.63, 3.8) is 0 Å². The second-order valence-electron chi connectivity index (χ2n) is 9.24. The first kappa shape index (κ1) is 19.0. The van der Waals surface area contributed by atoms with Crippen LogP contribution in [-0.2, 0) is 0 Å². The molecule has 0 aliphatic heterocycles. The van der Waals surface area contributed by atoms with Crippen LogP contribution in [0, 0.1) is 17.8 Å². The lowest BCUT2D eigenvalue weighted by molar-refractivity contribution is -0.0127. The van der Waals surface area contributed by atoms with Gasteiger partial charge in [-0.15, -0.1) is 0 Å². The molecule has 2 aromatic rings. The van der Waals surface area contributed by atoms with Crippen LogP contribution in [0.4, 0.5) is 10.5 Å². The fourth-order valence-electron chi connectivity index (χ4n) is 6.10. The van der Waals surface area contributed by atoms with E-state index in [0.717, 1.165) is 37.0 Å². The van der Waals surface area contributed by atoms with Crippen LogP contribution in [-0.4, -0.2) is 22.6 Å². The molecule has 4 aliphatic rings. The summed E-state index contributed by atoms with van der Waals surface area (Å²) < 4.78 is 5.73. The molecule has 2 amide bonds. The zero-order chi connectivity index (χ0) is 20.7. The highest BCUT2D eigenvalue weighted by atomic mass is 16.5. The van der Waals surface area contributed by atoms with Crippen LogP contribution >= 0.6 is 0 Å². The summed E-state index contributed by atoms with van der Waals surface area (Å²) in [5.41, 5.74) is 0.854. The molecule has 6 rings (SSSR count). The second kappa shape index (κ2) is 7.35. The topological polar surface area (TPSA) is 87.7 Å². The molecule has 0 heterocycles. The number of carbonyl (C=O) groups excluding carboxylic acids is 1. The number of benzene rings is 2. The minimum absolute atomic E-state index is 0.0168. The summed E-state index contributed by atoms with van der Waals surface area (Å²) in [6.07, 6.45) is 7.40. The second-order valence-corrected chi connectivity index (χ2v) is 9.24. The number of nitrogens with one attached hydrogen (secondary N) is 2. The first-order valence-corrected chi connectivity index (χ1v) is 10.7. The number of carbonyl (C=O) groups is 2. The zero-order valence-electron chi connectivity index (χ0n) is 16.8. The minimum Gasteiger partial charge on any atom is -0.478 e. The van der Waals surface area contributed by atoms with Crippen molar-refractivity contribution in [3.8, 4) is 11.5 Å². The zero-order valence-corrected chi connectivity index (χ0v) is 16.8. The molecule has 0 saturated heterocycles. The number of carboxylic acids is 1. The van der Waals surface area contributed by atoms with E-state index in [0.29, 0.717) is 17.2 Å². The summed E-state index contributed by atoms with van der Waals surface area (Å²) in [6, 6.07) is 13.3. The molecule has 0 aromatic heterocycles. The monoisotopic (exact) mass is 406 g/mol. The van der Waals surface area contributed by atoms with Crippen LogP contribution in [0.3, 0.4) is 0 Å². The van der Waals surface area contributed by atoms with E-state index < -0.39 is 5.97 Å². The Bertz CT molecular complexity index is 934. The number of carboxylic acid groups (broad SMARTS) is 1. The molecule has 4 saturated carbocycles. The van der Waals surface area contributed by atoms with Gasteiger partial charge in [-0.3, -0.25) is 0 Å². The van der Waals surface area contributed by atoms with Crippen LogP contribution < -0.4 is 15.4 Å². The summed E-state index contributed by atoms with van der Waals surface area (Å²) >= 11 is 0. The molecule has 4 aliphatic carbocycles. The third-order valence-electron chi connectivity index (χ3n) is 6.85. The highest BCUT2D eigenvalue weighted by Gasteiger charge is 2.51. The molecule has 0 atom stereocenters. The van der Waals surface area contributed by atoms with Crippen LogP contribution in [0.15, 0.2) is 48.5 Å². The molecular weight excluding hydrogens is 380 g/mol. The third kappa shape index (κ3) is 3.86. The molecule has 6 heteroatoms. The van der Waals surface area contributed by atoms with Gasteiger partial charge in [0.2, 0.25) is 0 Å². The number of urea groups is 1. The Morgan fingerprint density at radius 1 is 0.900 bits per heavy atom. The fraction of sp³-hybridized carbons (Fsp3) is 0.417. The predicted octanol–water partition coefficient (Wildman–Crippen LogP) is 5.27. The van der Waals surface area contributed by atoms with Gasteiger partial charge in [0.15, 0.2) is 0 Å². The van der Waals surface area contributed by atoms with Gasteiger partial charge in [0.05, 0.1) is 5.56 Å². The standard InChI is InChI=1S/C24H26N2O4/c27-22(28)18-2-1-3-21(11-18)30-20-6-4-19(5-7-20)25-23(29)26-24-12-15-8-16(13-24)10-17(9-15)14-24/h1-7,11,15-17H,8-10,12-14H2,(H,27,28)(H2,25,26,29). The number of hydrogen-bond acceptors (Lipinski definition) is 3. The molecule has 4 fully saturated rings. The minimum atomic E-state index is -0.995. The van der Waals surface area contributed by atoms with Crippen LogP contribution in [0.25, 0.3) is 0 Å². The van der Waals surface area contributed by atoms with E-state index in [2.05, 4.69) is 10.6 Å². The Hall–Kier alpha value is -3.02. The van der Waals surface area contributed by atoms with E-state index in [1.807, 2.05) is 0 Å². The quantitative estimate of drug-likeness (QED) is 0.631. The SMILES string of the molecule is O=C(Nc1ccc(Oc2cccc(C(=O)O)c2)cc1)NC12CC3CC(CC(C3)C1)C2. The largest absolute Gasteiger partial charge is 0.478 e. The van der Waals surface area contributed by atoms with Gasteiger partial charge in [0, 0.05) is 11.2 Å². The summed E-state index contributed by atoms with van der Waals surface area (Å²) in [7, 11) is 0. The van der Waals surface area contributed by atoms with Crippen LogP contribution in [0.1, 0.15) is 48.9 Å². The van der Waals surface area contributed by atoms with Gasteiger partial charge >= 0.3 is 12.0 Å². The Labute approximate surface area is 175 Å². The van der Waals surface area contributed by atoms with Gasteiger partial charge in [-0.2, -0.15) is 0 Å². The molecule has 0 unspecified atom stereocenters. The van der Waals surface area contributed by atoms with Crippen molar-refractivity contribution in [1.29, 1.82) is 0 Å². The summed E-state index contributed by atoms with van der Waals surface area (Å²) in [6.45, 7) is 0. The third-order valence-corrected chi connectivity index (χ3v) is 6.85. The summed E-state index contributed by atoms with van der Waals surface area (Å²) in [5.74, 6) is 2.39. The smallest absolute Gasteiger partial charge is 0.335 e. The lowest BCUT2D eigenvalue weighted by Crippen LogP contribution is -2.60.